The lowest BCUT2D eigenvalue weighted by atomic mass is 10.1. The van der Waals surface area contributed by atoms with Gasteiger partial charge in [-0.2, -0.15) is 0 Å². The molecule has 0 aliphatic carbocycles. The minimum atomic E-state index is -0.773. The van der Waals surface area contributed by atoms with Gasteiger partial charge in [-0.3, -0.25) is 9.59 Å². The number of rotatable bonds is 4. The molecule has 0 saturated carbocycles. The number of fused-ring (bicyclic) bond motifs is 1. The van der Waals surface area contributed by atoms with Gasteiger partial charge in [0.2, 0.25) is 5.91 Å². The maximum atomic E-state index is 12.6. The Hall–Kier alpha value is -3.02. The van der Waals surface area contributed by atoms with Crippen LogP contribution in [0.2, 0.25) is 0 Å². The number of amides is 2. The molecule has 0 unspecified atom stereocenters. The molecule has 0 radical (unpaired) electrons. The van der Waals surface area contributed by atoms with Crippen molar-refractivity contribution < 1.29 is 19.1 Å². The number of nitrogens with one attached hydrogen (secondary N) is 1. The van der Waals surface area contributed by atoms with Gasteiger partial charge in [-0.05, 0) is 43.3 Å². The highest BCUT2D eigenvalue weighted by molar-refractivity contribution is 5.99. The normalized spacial score (nSPS) is 15.8. The van der Waals surface area contributed by atoms with E-state index >= 15 is 0 Å². The Kier molecular flexibility index (Phi) is 4.88. The second-order valence-corrected chi connectivity index (χ2v) is 5.65. The van der Waals surface area contributed by atoms with Crippen molar-refractivity contribution in [2.75, 3.05) is 23.4 Å². The highest BCUT2D eigenvalue weighted by Crippen LogP contribution is 2.33. The lowest BCUT2D eigenvalue weighted by Crippen LogP contribution is -2.48. The van der Waals surface area contributed by atoms with Gasteiger partial charge in [-0.1, -0.05) is 12.1 Å². The number of ether oxygens (including phenoxy) is 2. The van der Waals surface area contributed by atoms with Crippen molar-refractivity contribution in [2.45, 2.75) is 20.0 Å². The molecule has 6 heteroatoms. The Morgan fingerprint density at radius 3 is 2.60 bits per heavy atom. The van der Waals surface area contributed by atoms with Crippen LogP contribution in [-0.2, 0) is 9.59 Å². The fraction of sp³-hybridized carbons (Fsp3) is 0.263. The van der Waals surface area contributed by atoms with Crippen LogP contribution in [0.4, 0.5) is 11.4 Å². The van der Waals surface area contributed by atoms with E-state index in [4.69, 9.17) is 9.47 Å². The predicted molar refractivity (Wildman–Crippen MR) is 95.1 cm³/mol. The molecule has 6 nitrogen and oxygen atoms in total. The first-order valence-corrected chi connectivity index (χ1v) is 8.16. The van der Waals surface area contributed by atoms with E-state index < -0.39 is 6.10 Å². The van der Waals surface area contributed by atoms with E-state index in [0.717, 1.165) is 5.75 Å². The number of hydrogen-bond acceptors (Lipinski definition) is 4. The molecule has 0 bridgehead atoms. The van der Waals surface area contributed by atoms with Crippen molar-refractivity contribution in [3.05, 3.63) is 48.5 Å². The number of carbonyl (C=O) groups excluding carboxylic acids is 2. The summed E-state index contributed by atoms with van der Waals surface area (Å²) < 4.78 is 11.2. The number of anilines is 2. The monoisotopic (exact) mass is 340 g/mol. The molecule has 1 aliphatic rings. The SMILES string of the molecule is CCOc1ccc(NC(=O)[C@H]2CN(C(C)=O)c3ccccc3O2)cc1. The van der Waals surface area contributed by atoms with Crippen LogP contribution >= 0.6 is 0 Å². The first kappa shape index (κ1) is 16.8. The van der Waals surface area contributed by atoms with Gasteiger partial charge in [-0.15, -0.1) is 0 Å². The number of para-hydroxylation sites is 2. The smallest absolute Gasteiger partial charge is 0.267 e. The van der Waals surface area contributed by atoms with Crippen molar-refractivity contribution in [3.63, 3.8) is 0 Å². The van der Waals surface area contributed by atoms with Gasteiger partial charge in [-0.25, -0.2) is 0 Å². The van der Waals surface area contributed by atoms with Crippen LogP contribution in [-0.4, -0.2) is 31.1 Å². The van der Waals surface area contributed by atoms with Crippen LogP contribution in [0.25, 0.3) is 0 Å². The third kappa shape index (κ3) is 3.74. The Balaban J connectivity index is 1.73. The Morgan fingerprint density at radius 1 is 1.20 bits per heavy atom. The number of nitrogens with zero attached hydrogens (tertiary/aromatic N) is 1. The lowest BCUT2D eigenvalue weighted by molar-refractivity contribution is -0.123. The zero-order valence-corrected chi connectivity index (χ0v) is 14.2. The van der Waals surface area contributed by atoms with Gasteiger partial charge in [0, 0.05) is 12.6 Å². The summed E-state index contributed by atoms with van der Waals surface area (Å²) in [4.78, 5) is 26.0. The largest absolute Gasteiger partial charge is 0.494 e. The van der Waals surface area contributed by atoms with E-state index in [1.54, 1.807) is 41.3 Å². The molecule has 25 heavy (non-hydrogen) atoms. The molecule has 2 aromatic carbocycles. The highest BCUT2D eigenvalue weighted by atomic mass is 16.5. The highest BCUT2D eigenvalue weighted by Gasteiger charge is 2.32. The summed E-state index contributed by atoms with van der Waals surface area (Å²) in [5.74, 6) is 0.835. The summed E-state index contributed by atoms with van der Waals surface area (Å²) in [6.07, 6.45) is -0.773. The van der Waals surface area contributed by atoms with Gasteiger partial charge in [0.05, 0.1) is 18.8 Å². The summed E-state index contributed by atoms with van der Waals surface area (Å²) in [5, 5.41) is 2.81. The maximum absolute atomic E-state index is 12.6. The molecule has 1 aliphatic heterocycles. The van der Waals surface area contributed by atoms with E-state index in [1.807, 2.05) is 19.1 Å². The van der Waals surface area contributed by atoms with Crippen molar-refractivity contribution >= 4 is 23.2 Å². The van der Waals surface area contributed by atoms with Gasteiger partial charge in [0.1, 0.15) is 11.5 Å². The minimum Gasteiger partial charge on any atom is -0.494 e. The van der Waals surface area contributed by atoms with Crippen LogP contribution in [0.1, 0.15) is 13.8 Å². The molecule has 0 aromatic heterocycles. The summed E-state index contributed by atoms with van der Waals surface area (Å²) in [5.41, 5.74) is 1.32. The predicted octanol–water partition coefficient (Wildman–Crippen LogP) is 2.84. The molecule has 3 rings (SSSR count). The van der Waals surface area contributed by atoms with Crippen LogP contribution in [0.15, 0.2) is 48.5 Å². The lowest BCUT2D eigenvalue weighted by Gasteiger charge is -2.33. The molecule has 0 fully saturated rings. The van der Waals surface area contributed by atoms with E-state index in [2.05, 4.69) is 5.32 Å². The number of hydrogen-bond donors (Lipinski definition) is 1. The molecule has 0 spiro atoms. The van der Waals surface area contributed by atoms with E-state index in [1.165, 1.54) is 6.92 Å². The summed E-state index contributed by atoms with van der Waals surface area (Å²) in [6, 6.07) is 14.3. The van der Waals surface area contributed by atoms with Crippen molar-refractivity contribution in [2.24, 2.45) is 0 Å². The summed E-state index contributed by atoms with van der Waals surface area (Å²) >= 11 is 0. The first-order valence-electron chi connectivity index (χ1n) is 8.16. The van der Waals surface area contributed by atoms with Crippen LogP contribution in [0, 0.1) is 0 Å². The van der Waals surface area contributed by atoms with Crippen molar-refractivity contribution in [3.8, 4) is 11.5 Å². The quantitative estimate of drug-likeness (QED) is 0.929. The van der Waals surface area contributed by atoms with E-state index in [0.29, 0.717) is 23.7 Å². The standard InChI is InChI=1S/C19H20N2O4/c1-3-24-15-10-8-14(9-11-15)20-19(23)18-12-21(13(2)22)16-6-4-5-7-17(16)25-18/h4-11,18H,3,12H2,1-2H3,(H,20,23)/t18-/m1/s1. The molecule has 1 heterocycles. The minimum absolute atomic E-state index is 0.130. The zero-order valence-electron chi connectivity index (χ0n) is 14.2. The van der Waals surface area contributed by atoms with Gasteiger partial charge in [0.15, 0.2) is 6.10 Å². The first-order chi connectivity index (χ1) is 12.1. The van der Waals surface area contributed by atoms with Crippen LogP contribution in [0.5, 0.6) is 11.5 Å². The Morgan fingerprint density at radius 2 is 1.92 bits per heavy atom. The van der Waals surface area contributed by atoms with Gasteiger partial charge in [0.25, 0.3) is 5.91 Å². The molecule has 1 atom stereocenters. The third-order valence-corrected chi connectivity index (χ3v) is 3.88. The van der Waals surface area contributed by atoms with Crippen molar-refractivity contribution in [1.82, 2.24) is 0 Å². The molecule has 0 saturated heterocycles. The van der Waals surface area contributed by atoms with Crippen molar-refractivity contribution in [1.29, 1.82) is 0 Å². The maximum Gasteiger partial charge on any atom is 0.267 e. The fourth-order valence-electron chi connectivity index (χ4n) is 2.69. The second-order valence-electron chi connectivity index (χ2n) is 5.65. The van der Waals surface area contributed by atoms with Gasteiger partial charge >= 0.3 is 0 Å². The molecule has 2 aromatic rings. The van der Waals surface area contributed by atoms with E-state index in [9.17, 15) is 9.59 Å². The topological polar surface area (TPSA) is 67.9 Å². The second kappa shape index (κ2) is 7.25. The average molecular weight is 340 g/mol. The molecular weight excluding hydrogens is 320 g/mol. The number of carbonyl (C=O) groups is 2. The molecule has 130 valence electrons. The van der Waals surface area contributed by atoms with Crippen LogP contribution in [0.3, 0.4) is 0 Å². The molecule has 1 N–H and O–H groups in total. The average Bonchev–Trinajstić information content (AvgIpc) is 2.62. The molecule has 2 amide bonds. The summed E-state index contributed by atoms with van der Waals surface area (Å²) in [7, 11) is 0. The third-order valence-electron chi connectivity index (χ3n) is 3.88. The summed E-state index contributed by atoms with van der Waals surface area (Å²) in [6.45, 7) is 4.15. The van der Waals surface area contributed by atoms with E-state index in [-0.39, 0.29) is 18.4 Å². The molecular formula is C19H20N2O4. The fourth-order valence-corrected chi connectivity index (χ4v) is 2.69. The Bertz CT molecular complexity index is 773. The van der Waals surface area contributed by atoms with Gasteiger partial charge < -0.3 is 19.7 Å². The number of benzene rings is 2. The zero-order chi connectivity index (χ0) is 17.8. The Labute approximate surface area is 146 Å². The van der Waals surface area contributed by atoms with Crippen LogP contribution < -0.4 is 19.7 Å².